The van der Waals surface area contributed by atoms with E-state index in [1.807, 2.05) is 0 Å². The van der Waals surface area contributed by atoms with Gasteiger partial charge in [0.1, 0.15) is 10.3 Å². The summed E-state index contributed by atoms with van der Waals surface area (Å²) < 4.78 is 175. The number of carbonyl (C=O) groups excluding carboxylic acids is 1. The summed E-state index contributed by atoms with van der Waals surface area (Å²) in [5.41, 5.74) is -5.03. The van der Waals surface area contributed by atoms with Gasteiger partial charge in [-0.3, -0.25) is 14.2 Å². The number of fused-ring (bicyclic) bond motifs is 1. The lowest BCUT2D eigenvalue weighted by atomic mass is 10.1. The second-order valence-electron chi connectivity index (χ2n) is 4.68. The van der Waals surface area contributed by atoms with E-state index in [4.69, 9.17) is 30.3 Å². The molecule has 142 valence electrons. The Hall–Kier alpha value is -1.93. The lowest BCUT2D eigenvalue weighted by Gasteiger charge is -2.26. The molecular weight excluding hydrogens is 352 g/mol. The van der Waals surface area contributed by atoms with Crippen LogP contribution in [0.4, 0.5) is 0 Å². The molecule has 2 aromatic heterocycles. The van der Waals surface area contributed by atoms with Gasteiger partial charge in [0, 0.05) is 37.2 Å². The van der Waals surface area contributed by atoms with Crippen LogP contribution in [0.25, 0.3) is 10.3 Å². The molecule has 0 aromatic carbocycles. The number of pyridine rings is 1. The van der Waals surface area contributed by atoms with Crippen LogP contribution in [-0.2, 0) is 0 Å². The predicted octanol–water partition coefficient (Wildman–Crippen LogP) is 2.35. The summed E-state index contributed by atoms with van der Waals surface area (Å²) in [6.07, 6.45) is -13.0. The van der Waals surface area contributed by atoms with Crippen molar-refractivity contribution in [3.8, 4) is 5.75 Å². The van der Waals surface area contributed by atoms with Gasteiger partial charge < -0.3 is 15.3 Å². The van der Waals surface area contributed by atoms with Crippen LogP contribution in [-0.4, -0.2) is 52.9 Å². The molecule has 2 N–H and O–H groups in total. The molecule has 1 amide bonds. The number of hydrogen-bond acceptors (Lipinski definition) is 6. The fourth-order valence-corrected chi connectivity index (χ4v) is 2.67. The average molecular weight is 401 g/mol. The lowest BCUT2D eigenvalue weighted by molar-refractivity contribution is 0.0946. The first kappa shape index (κ1) is 5.54. The molecule has 0 aliphatic carbocycles. The maximum atomic E-state index is 13.7. The summed E-state index contributed by atoms with van der Waals surface area (Å²) in [6.45, 7) is -20.3. The van der Waals surface area contributed by atoms with E-state index in [1.54, 1.807) is 0 Å². The smallest absolute Gasteiger partial charge is 0.293 e. The summed E-state index contributed by atoms with van der Waals surface area (Å²) in [6, 6.07) is -3.88. The van der Waals surface area contributed by atoms with Crippen molar-refractivity contribution < 1.29 is 38.7 Å². The third-order valence-electron chi connectivity index (χ3n) is 3.10. The number of aromatic nitrogens is 2. The zero-order valence-electron chi connectivity index (χ0n) is 34.8. The first-order valence-electron chi connectivity index (χ1n) is 17.8. The molecule has 1 aliphatic heterocycles. The Morgan fingerprint density at radius 2 is 2.46 bits per heavy atom. The highest BCUT2D eigenvalue weighted by atomic mass is 32.1. The fraction of sp³-hybridized carbons (Fsp3) is 0.611. The maximum absolute atomic E-state index is 13.7. The Morgan fingerprint density at radius 1 is 1.65 bits per heavy atom. The monoisotopic (exact) mass is 400 g/mol. The van der Waals surface area contributed by atoms with Crippen LogP contribution in [0.3, 0.4) is 0 Å². The molecule has 26 heavy (non-hydrogen) atoms. The van der Waals surface area contributed by atoms with E-state index in [0.717, 1.165) is 0 Å². The lowest BCUT2D eigenvalue weighted by Crippen LogP contribution is -2.36. The summed E-state index contributed by atoms with van der Waals surface area (Å²) in [5.74, 6) is -2.91. The van der Waals surface area contributed by atoms with Crippen molar-refractivity contribution in [3.05, 3.63) is 21.4 Å². The predicted molar refractivity (Wildman–Crippen MR) is 103 cm³/mol. The Morgan fingerprint density at radius 3 is 3.19 bits per heavy atom. The largest absolute Gasteiger partial charge is 0.505 e. The van der Waals surface area contributed by atoms with Gasteiger partial charge in [-0.15, -0.1) is 11.3 Å². The van der Waals surface area contributed by atoms with Gasteiger partial charge in [-0.1, -0.05) is 6.37 Å². The van der Waals surface area contributed by atoms with E-state index in [0.29, 0.717) is 0 Å². The SMILES string of the molecule is [2H]Oc1c(C(=O)N([2H])CCC([2H])([2H])N2C([2H])([2H])C([2H])([2H])C([2H])([2H])C([2H])([2H])C2([2H])[2H])c(=O)n(C([2H])(C([2H])([2H])[2H])C([2H])([2H])[2H])c2nc([2H])sc12. The summed E-state index contributed by atoms with van der Waals surface area (Å²) >= 11 is 0.259. The maximum Gasteiger partial charge on any atom is 0.293 e. The van der Waals surface area contributed by atoms with E-state index in [-0.39, 0.29) is 21.2 Å². The zero-order chi connectivity index (χ0) is 37.8. The molecule has 0 unspecified atom stereocenters. The van der Waals surface area contributed by atoms with Crippen molar-refractivity contribution in [2.75, 3.05) is 26.0 Å². The van der Waals surface area contributed by atoms with Gasteiger partial charge in [-0.05, 0) is 52.4 Å². The molecule has 0 bridgehead atoms. The number of amides is 1. The number of piperidine rings is 1. The van der Waals surface area contributed by atoms with Crippen LogP contribution in [0, 0.1) is 0 Å². The highest BCUT2D eigenvalue weighted by Crippen LogP contribution is 2.30. The van der Waals surface area contributed by atoms with Gasteiger partial charge in [0.2, 0.25) is 0 Å². The minimum atomic E-state index is -3.92. The molecular formula is C18H26N4O3S. The summed E-state index contributed by atoms with van der Waals surface area (Å²) in [5, 5.41) is 4.13. The minimum absolute atomic E-state index is 0.228. The molecule has 2 aromatic rings. The molecule has 1 saturated heterocycles. The van der Waals surface area contributed by atoms with Crippen molar-refractivity contribution in [2.24, 2.45) is 0 Å². The van der Waals surface area contributed by atoms with Gasteiger partial charge in [-0.2, -0.15) is 0 Å². The molecule has 3 rings (SSSR count). The van der Waals surface area contributed by atoms with Crippen LogP contribution in [0.1, 0.15) is 83.0 Å². The molecule has 0 spiro atoms. The number of nitrogens with zero attached hydrogens (tertiary/aromatic N) is 3. The van der Waals surface area contributed by atoms with Crippen molar-refractivity contribution in [1.82, 2.24) is 19.8 Å². The number of thiazole rings is 1. The number of likely N-dealkylation sites (tertiary alicyclic amines) is 1. The van der Waals surface area contributed by atoms with Crippen LogP contribution in [0.5, 0.6) is 5.75 Å². The van der Waals surface area contributed by atoms with Crippen molar-refractivity contribution in [2.45, 2.75) is 45.3 Å². The highest BCUT2D eigenvalue weighted by molar-refractivity contribution is 7.17. The van der Waals surface area contributed by atoms with Crippen LogP contribution >= 0.6 is 11.3 Å². The molecule has 0 saturated carbocycles. The molecule has 1 aliphatic rings. The topological polar surface area (TPSA) is 87.5 Å². The third kappa shape index (κ3) is 3.76. The number of nitrogens with one attached hydrogen (secondary N) is 1. The quantitative estimate of drug-likeness (QED) is 0.745. The molecule has 7 nitrogen and oxygen atoms in total. The van der Waals surface area contributed by atoms with Crippen LogP contribution in [0.15, 0.2) is 10.3 Å². The number of aromatic hydroxyl groups is 1. The Kier molecular flexibility index (Phi) is 1.74. The van der Waals surface area contributed by atoms with Crippen LogP contribution < -0.4 is 10.9 Å². The number of rotatable bonds is 7. The van der Waals surface area contributed by atoms with E-state index in [9.17, 15) is 9.59 Å². The van der Waals surface area contributed by atoms with Gasteiger partial charge >= 0.3 is 0 Å². The molecule has 3 heterocycles. The minimum Gasteiger partial charge on any atom is -0.505 e. The fourth-order valence-electron chi connectivity index (χ4n) is 2.03. The molecule has 0 radical (unpaired) electrons. The second-order valence-corrected chi connectivity index (χ2v) is 5.48. The molecule has 8 heteroatoms. The third-order valence-corrected chi connectivity index (χ3v) is 3.85. The Bertz CT molecular complexity index is 1620. The zero-order valence-corrected chi connectivity index (χ0v) is 13.7. The van der Waals surface area contributed by atoms with E-state index in [2.05, 4.69) is 10.1 Å². The normalized spacial score (nSPS) is 39.5. The number of hydrogen-bond donors (Lipinski definition) is 2. The first-order chi connectivity index (χ1) is 21.1. The standard InChI is InChI=1S/C18H26N4O3S/c1-12(2)22-16-15(26-11-20-16)14(23)13(18(22)25)17(24)19-7-6-10-21-8-4-3-5-9-21/h11-12,23H,3-10H2,1-2H3,(H,19,24)/i1D3,2D3,3D2,4D2,5D2,8D2,9D2,10D2,11D,12D/hD2. The van der Waals surface area contributed by atoms with Crippen molar-refractivity contribution in [3.63, 3.8) is 0 Å². The summed E-state index contributed by atoms with van der Waals surface area (Å²) in [7, 11) is 0. The highest BCUT2D eigenvalue weighted by Gasteiger charge is 2.24. The van der Waals surface area contributed by atoms with Crippen molar-refractivity contribution >= 4 is 27.6 Å². The van der Waals surface area contributed by atoms with E-state index in [1.165, 1.54) is 0 Å². The van der Waals surface area contributed by atoms with Crippen LogP contribution in [0.2, 0.25) is 1.41 Å². The van der Waals surface area contributed by atoms with Gasteiger partial charge in [-0.25, -0.2) is 4.98 Å². The van der Waals surface area contributed by atoms with E-state index < -0.39 is 115 Å². The number of carbonyl (C=O) groups is 1. The van der Waals surface area contributed by atoms with Crippen molar-refractivity contribution in [1.29, 1.82) is 1.43 Å². The van der Waals surface area contributed by atoms with Gasteiger partial charge in [0.25, 0.3) is 12.9 Å². The average Bonchev–Trinajstić information content (AvgIpc) is 3.27. The Labute approximate surface area is 187 Å². The Balaban J connectivity index is 2.18. The molecule has 0 atom stereocenters. The van der Waals surface area contributed by atoms with Gasteiger partial charge in [0.05, 0.1) is 8.23 Å². The van der Waals surface area contributed by atoms with E-state index >= 15 is 0 Å². The summed E-state index contributed by atoms with van der Waals surface area (Å²) in [4.78, 5) is 30.3. The first-order valence-corrected chi connectivity index (χ1v) is 7.77. The molecule has 1 fully saturated rings. The van der Waals surface area contributed by atoms with Gasteiger partial charge in [0.15, 0.2) is 12.8 Å². The second kappa shape index (κ2) is 8.18.